The smallest absolute Gasteiger partial charge is 0.269 e. The van der Waals surface area contributed by atoms with Crippen LogP contribution in [0.5, 0.6) is 11.5 Å². The summed E-state index contributed by atoms with van der Waals surface area (Å²) in [6, 6.07) is 9.71. The highest BCUT2D eigenvalue weighted by Crippen LogP contribution is 2.41. The SMILES string of the molecule is CNC(=O)c1cc(Oc2ccc(C3CC3)cc2C)ccn1. The Morgan fingerprint density at radius 2 is 2.10 bits per heavy atom. The Hall–Kier alpha value is -2.36. The van der Waals surface area contributed by atoms with E-state index in [1.165, 1.54) is 18.4 Å². The summed E-state index contributed by atoms with van der Waals surface area (Å²) in [6.45, 7) is 2.04. The normalized spacial score (nSPS) is 13.8. The van der Waals surface area contributed by atoms with Crippen molar-refractivity contribution in [1.82, 2.24) is 10.3 Å². The number of rotatable bonds is 4. The fourth-order valence-corrected chi connectivity index (χ4v) is 2.31. The van der Waals surface area contributed by atoms with Crippen molar-refractivity contribution in [1.29, 1.82) is 0 Å². The summed E-state index contributed by atoms with van der Waals surface area (Å²) in [5.41, 5.74) is 2.85. The monoisotopic (exact) mass is 282 g/mol. The van der Waals surface area contributed by atoms with Crippen LogP contribution < -0.4 is 10.1 Å². The fourth-order valence-electron chi connectivity index (χ4n) is 2.31. The van der Waals surface area contributed by atoms with E-state index in [0.717, 1.165) is 17.2 Å². The summed E-state index contributed by atoms with van der Waals surface area (Å²) in [6.07, 6.45) is 4.16. The lowest BCUT2D eigenvalue weighted by Gasteiger charge is -2.10. The maximum absolute atomic E-state index is 11.6. The van der Waals surface area contributed by atoms with E-state index in [9.17, 15) is 4.79 Å². The predicted octanol–water partition coefficient (Wildman–Crippen LogP) is 3.42. The van der Waals surface area contributed by atoms with Gasteiger partial charge in [-0.05, 0) is 48.9 Å². The number of nitrogens with one attached hydrogen (secondary N) is 1. The number of hydrogen-bond donors (Lipinski definition) is 1. The number of carbonyl (C=O) groups excluding carboxylic acids is 1. The Labute approximate surface area is 124 Å². The third-order valence-electron chi connectivity index (χ3n) is 3.67. The van der Waals surface area contributed by atoms with Gasteiger partial charge in [0.2, 0.25) is 0 Å². The number of nitrogens with zero attached hydrogens (tertiary/aromatic N) is 1. The van der Waals surface area contributed by atoms with Crippen LogP contribution in [0, 0.1) is 6.92 Å². The van der Waals surface area contributed by atoms with Crippen LogP contribution in [-0.2, 0) is 0 Å². The van der Waals surface area contributed by atoms with Crippen LogP contribution >= 0.6 is 0 Å². The van der Waals surface area contributed by atoms with E-state index in [2.05, 4.69) is 22.4 Å². The van der Waals surface area contributed by atoms with Gasteiger partial charge in [0.15, 0.2) is 0 Å². The molecule has 1 aromatic carbocycles. The number of ether oxygens (including phenoxy) is 1. The van der Waals surface area contributed by atoms with Gasteiger partial charge in [-0.2, -0.15) is 0 Å². The molecule has 0 unspecified atom stereocenters. The first-order valence-corrected chi connectivity index (χ1v) is 7.14. The molecule has 1 aliphatic carbocycles. The zero-order valence-corrected chi connectivity index (χ0v) is 12.2. The number of hydrogen-bond acceptors (Lipinski definition) is 3. The second-order valence-corrected chi connectivity index (χ2v) is 5.36. The van der Waals surface area contributed by atoms with Crippen molar-refractivity contribution in [2.45, 2.75) is 25.7 Å². The molecule has 0 atom stereocenters. The molecule has 2 aromatic rings. The summed E-state index contributed by atoms with van der Waals surface area (Å²) in [4.78, 5) is 15.6. The van der Waals surface area contributed by atoms with Crippen LogP contribution in [-0.4, -0.2) is 17.9 Å². The van der Waals surface area contributed by atoms with E-state index in [1.807, 2.05) is 13.0 Å². The molecule has 1 aromatic heterocycles. The minimum atomic E-state index is -0.221. The second-order valence-electron chi connectivity index (χ2n) is 5.36. The van der Waals surface area contributed by atoms with Crippen molar-refractivity contribution < 1.29 is 9.53 Å². The van der Waals surface area contributed by atoms with Gasteiger partial charge < -0.3 is 10.1 Å². The van der Waals surface area contributed by atoms with E-state index >= 15 is 0 Å². The summed E-state index contributed by atoms with van der Waals surface area (Å²) in [5.74, 6) is 1.94. The van der Waals surface area contributed by atoms with Crippen molar-refractivity contribution in [3.63, 3.8) is 0 Å². The van der Waals surface area contributed by atoms with Gasteiger partial charge in [0.05, 0.1) is 0 Å². The summed E-state index contributed by atoms with van der Waals surface area (Å²) < 4.78 is 5.88. The van der Waals surface area contributed by atoms with Crippen molar-refractivity contribution in [3.8, 4) is 11.5 Å². The molecule has 0 spiro atoms. The number of aryl methyl sites for hydroxylation is 1. The van der Waals surface area contributed by atoms with Crippen molar-refractivity contribution in [2.75, 3.05) is 7.05 Å². The molecule has 21 heavy (non-hydrogen) atoms. The van der Waals surface area contributed by atoms with Crippen molar-refractivity contribution in [2.24, 2.45) is 0 Å². The lowest BCUT2D eigenvalue weighted by molar-refractivity contribution is 0.0958. The van der Waals surface area contributed by atoms with Gasteiger partial charge in [-0.15, -0.1) is 0 Å². The summed E-state index contributed by atoms with van der Waals surface area (Å²) in [7, 11) is 1.58. The number of aromatic nitrogens is 1. The molecule has 0 radical (unpaired) electrons. The maximum atomic E-state index is 11.6. The summed E-state index contributed by atoms with van der Waals surface area (Å²) >= 11 is 0. The predicted molar refractivity (Wildman–Crippen MR) is 80.9 cm³/mol. The molecule has 1 amide bonds. The molecule has 1 saturated carbocycles. The van der Waals surface area contributed by atoms with Crippen LogP contribution in [0.2, 0.25) is 0 Å². The topological polar surface area (TPSA) is 51.2 Å². The average molecular weight is 282 g/mol. The molecule has 1 fully saturated rings. The Balaban J connectivity index is 1.81. The molecule has 4 heteroatoms. The average Bonchev–Trinajstić information content (AvgIpc) is 3.33. The fraction of sp³-hybridized carbons (Fsp3) is 0.294. The molecule has 3 rings (SSSR count). The first-order valence-electron chi connectivity index (χ1n) is 7.14. The van der Waals surface area contributed by atoms with E-state index in [1.54, 1.807) is 25.4 Å². The molecule has 1 N–H and O–H groups in total. The minimum absolute atomic E-state index is 0.221. The highest BCUT2D eigenvalue weighted by Gasteiger charge is 2.23. The Morgan fingerprint density at radius 1 is 1.29 bits per heavy atom. The standard InChI is InChI=1S/C17H18N2O2/c1-11-9-13(12-3-4-12)5-6-16(11)21-14-7-8-19-15(10-14)17(20)18-2/h5-10,12H,3-4H2,1-2H3,(H,18,20). The third-order valence-corrected chi connectivity index (χ3v) is 3.67. The second kappa shape index (κ2) is 5.56. The highest BCUT2D eigenvalue weighted by molar-refractivity contribution is 5.92. The van der Waals surface area contributed by atoms with Gasteiger partial charge in [-0.3, -0.25) is 9.78 Å². The summed E-state index contributed by atoms with van der Waals surface area (Å²) in [5, 5.41) is 2.55. The van der Waals surface area contributed by atoms with E-state index < -0.39 is 0 Å². The quantitative estimate of drug-likeness (QED) is 0.934. The van der Waals surface area contributed by atoms with Gasteiger partial charge >= 0.3 is 0 Å². The van der Waals surface area contributed by atoms with Gasteiger partial charge in [0.1, 0.15) is 17.2 Å². The van der Waals surface area contributed by atoms with Gasteiger partial charge in [0, 0.05) is 19.3 Å². The Morgan fingerprint density at radius 3 is 2.76 bits per heavy atom. The van der Waals surface area contributed by atoms with E-state index in [4.69, 9.17) is 4.74 Å². The molecule has 108 valence electrons. The minimum Gasteiger partial charge on any atom is -0.457 e. The van der Waals surface area contributed by atoms with E-state index in [0.29, 0.717) is 11.4 Å². The number of amides is 1. The first-order chi connectivity index (χ1) is 10.2. The molecule has 4 nitrogen and oxygen atoms in total. The van der Waals surface area contributed by atoms with Crippen LogP contribution in [0.25, 0.3) is 0 Å². The van der Waals surface area contributed by atoms with E-state index in [-0.39, 0.29) is 5.91 Å². The van der Waals surface area contributed by atoms with Crippen molar-refractivity contribution >= 4 is 5.91 Å². The Bertz CT molecular complexity index is 678. The van der Waals surface area contributed by atoms with Crippen molar-refractivity contribution in [3.05, 3.63) is 53.3 Å². The Kier molecular flexibility index (Phi) is 3.60. The molecule has 0 aliphatic heterocycles. The molecule has 0 bridgehead atoms. The zero-order chi connectivity index (χ0) is 14.8. The lowest BCUT2D eigenvalue weighted by Crippen LogP contribution is -2.18. The molecular formula is C17H18N2O2. The van der Waals surface area contributed by atoms with Crippen LogP contribution in [0.4, 0.5) is 0 Å². The van der Waals surface area contributed by atoms with Gasteiger partial charge in [0.25, 0.3) is 5.91 Å². The third kappa shape index (κ3) is 3.05. The van der Waals surface area contributed by atoms with Crippen LogP contribution in [0.15, 0.2) is 36.5 Å². The lowest BCUT2D eigenvalue weighted by atomic mass is 10.1. The molecule has 0 saturated heterocycles. The maximum Gasteiger partial charge on any atom is 0.269 e. The zero-order valence-electron chi connectivity index (χ0n) is 12.2. The van der Waals surface area contributed by atoms with Gasteiger partial charge in [-0.1, -0.05) is 12.1 Å². The van der Waals surface area contributed by atoms with Gasteiger partial charge in [-0.25, -0.2) is 0 Å². The number of benzene rings is 1. The number of carbonyl (C=O) groups is 1. The largest absolute Gasteiger partial charge is 0.457 e. The van der Waals surface area contributed by atoms with Crippen LogP contribution in [0.1, 0.15) is 40.4 Å². The first kappa shape index (κ1) is 13.6. The highest BCUT2D eigenvalue weighted by atomic mass is 16.5. The molecule has 1 aliphatic rings. The molecular weight excluding hydrogens is 264 g/mol. The number of pyridine rings is 1. The molecule has 1 heterocycles. The van der Waals surface area contributed by atoms with Crippen LogP contribution in [0.3, 0.4) is 0 Å².